The number of rotatable bonds is 7. The third-order valence-corrected chi connectivity index (χ3v) is 7.18. The van der Waals surface area contributed by atoms with Crippen LogP contribution in [0.25, 0.3) is 6.08 Å². The average molecular weight is 559 g/mol. The van der Waals surface area contributed by atoms with Crippen LogP contribution in [0.5, 0.6) is 0 Å². The lowest BCUT2D eigenvalue weighted by Gasteiger charge is -2.15. The summed E-state index contributed by atoms with van der Waals surface area (Å²) < 4.78 is 0. The van der Waals surface area contributed by atoms with E-state index < -0.39 is 0 Å². The van der Waals surface area contributed by atoms with Crippen molar-refractivity contribution in [2.45, 2.75) is 19.8 Å². The number of thioether (sulfide) groups is 1. The topological polar surface area (TPSA) is 61.8 Å². The molecule has 0 radical (unpaired) electrons. The lowest BCUT2D eigenvalue weighted by molar-refractivity contribution is -0.122. The summed E-state index contributed by atoms with van der Waals surface area (Å²) in [6.07, 6.45) is 3.58. The van der Waals surface area contributed by atoms with Crippen LogP contribution in [0.3, 0.4) is 0 Å². The largest absolute Gasteiger partial charge is 0.322 e. The summed E-state index contributed by atoms with van der Waals surface area (Å²) in [5.41, 5.74) is 2.29. The van der Waals surface area contributed by atoms with Gasteiger partial charge in [-0.1, -0.05) is 72.4 Å². The summed E-state index contributed by atoms with van der Waals surface area (Å²) in [7, 11) is 0. The number of unbranched alkanes of at least 4 members (excludes halogenated alkanes) is 1. The Kier molecular flexibility index (Phi) is 8.75. The predicted molar refractivity (Wildman–Crippen MR) is 152 cm³/mol. The van der Waals surface area contributed by atoms with Crippen LogP contribution in [0.1, 0.15) is 35.7 Å². The van der Waals surface area contributed by atoms with Crippen LogP contribution in [0.4, 0.5) is 11.4 Å². The van der Waals surface area contributed by atoms with E-state index in [4.69, 9.17) is 34.8 Å². The molecule has 1 N–H and O–H groups in total. The Hall–Kier alpha value is -2.77. The van der Waals surface area contributed by atoms with Gasteiger partial charge in [0.1, 0.15) is 0 Å². The molecule has 0 bridgehead atoms. The Morgan fingerprint density at radius 2 is 1.83 bits per heavy atom. The lowest BCUT2D eigenvalue weighted by Crippen LogP contribution is -2.30. The van der Waals surface area contributed by atoms with E-state index in [-0.39, 0.29) is 11.8 Å². The van der Waals surface area contributed by atoms with Crippen LogP contribution in [-0.2, 0) is 4.79 Å². The van der Waals surface area contributed by atoms with Gasteiger partial charge in [-0.15, -0.1) is 0 Å². The fraction of sp³-hybridized carbons (Fsp3) is 0.148. The first-order valence-electron chi connectivity index (χ1n) is 11.3. The van der Waals surface area contributed by atoms with Gasteiger partial charge in [0.2, 0.25) is 0 Å². The highest BCUT2D eigenvalue weighted by Gasteiger charge is 2.33. The molecule has 3 aromatic carbocycles. The number of hydrogen-bond donors (Lipinski definition) is 1. The van der Waals surface area contributed by atoms with E-state index >= 15 is 0 Å². The number of anilines is 1. The smallest absolute Gasteiger partial charge is 0.266 e. The normalized spacial score (nSPS) is 15.7. The van der Waals surface area contributed by atoms with Crippen LogP contribution in [0.2, 0.25) is 15.1 Å². The van der Waals surface area contributed by atoms with E-state index in [1.165, 1.54) is 11.8 Å². The molecule has 2 amide bonds. The second-order valence-corrected chi connectivity index (χ2v) is 10.2. The molecule has 1 fully saturated rings. The molecule has 5 nitrogen and oxygen atoms in total. The number of halogens is 3. The zero-order chi connectivity index (χ0) is 25.7. The first-order chi connectivity index (χ1) is 17.4. The molecule has 0 spiro atoms. The van der Waals surface area contributed by atoms with Crippen molar-refractivity contribution in [2.24, 2.45) is 4.99 Å². The van der Waals surface area contributed by atoms with Crippen molar-refractivity contribution in [1.29, 1.82) is 0 Å². The fourth-order valence-corrected chi connectivity index (χ4v) is 5.17. The molecule has 36 heavy (non-hydrogen) atoms. The van der Waals surface area contributed by atoms with Gasteiger partial charge in [0.25, 0.3) is 11.8 Å². The van der Waals surface area contributed by atoms with Gasteiger partial charge in [-0.05, 0) is 72.3 Å². The first kappa shape index (κ1) is 26.3. The molecule has 1 aliphatic heterocycles. The zero-order valence-electron chi connectivity index (χ0n) is 19.3. The first-order valence-corrected chi connectivity index (χ1v) is 13.2. The number of nitrogens with one attached hydrogen (secondary N) is 1. The fourth-order valence-electron chi connectivity index (χ4n) is 3.48. The van der Waals surface area contributed by atoms with Crippen molar-refractivity contribution in [3.63, 3.8) is 0 Å². The molecular formula is C27H22Cl3N3O2S. The minimum atomic E-state index is -0.309. The summed E-state index contributed by atoms with van der Waals surface area (Å²) in [6.45, 7) is 2.62. The molecule has 9 heteroatoms. The highest BCUT2D eigenvalue weighted by molar-refractivity contribution is 8.18. The second-order valence-electron chi connectivity index (χ2n) is 7.97. The van der Waals surface area contributed by atoms with Gasteiger partial charge in [-0.25, -0.2) is 4.99 Å². The molecule has 3 aromatic rings. The van der Waals surface area contributed by atoms with Gasteiger partial charge in [-0.2, -0.15) is 0 Å². The van der Waals surface area contributed by atoms with Gasteiger partial charge >= 0.3 is 0 Å². The molecule has 184 valence electrons. The van der Waals surface area contributed by atoms with Crippen LogP contribution in [-0.4, -0.2) is 28.4 Å². The predicted octanol–water partition coefficient (Wildman–Crippen LogP) is 8.30. The number of hydrogen-bond acceptors (Lipinski definition) is 4. The minimum Gasteiger partial charge on any atom is -0.322 e. The number of amides is 2. The summed E-state index contributed by atoms with van der Waals surface area (Å²) in [5.74, 6) is -0.431. The van der Waals surface area contributed by atoms with Crippen LogP contribution < -0.4 is 5.32 Å². The molecule has 0 saturated carbocycles. The number of aliphatic imine (C=N–C) groups is 1. The van der Waals surface area contributed by atoms with Crippen molar-refractivity contribution >= 4 is 81.0 Å². The molecule has 4 rings (SSSR count). The molecule has 1 saturated heterocycles. The molecule has 0 atom stereocenters. The van der Waals surface area contributed by atoms with Crippen LogP contribution in [0.15, 0.2) is 76.6 Å². The summed E-state index contributed by atoms with van der Waals surface area (Å²) in [6, 6.07) is 19.2. The number of amidine groups is 1. The van der Waals surface area contributed by atoms with Crippen molar-refractivity contribution in [3.05, 3.63) is 97.8 Å². The van der Waals surface area contributed by atoms with Crippen LogP contribution in [0, 0.1) is 0 Å². The Morgan fingerprint density at radius 3 is 2.58 bits per heavy atom. The Labute approximate surface area is 229 Å². The van der Waals surface area contributed by atoms with Crippen molar-refractivity contribution in [2.75, 3.05) is 11.9 Å². The van der Waals surface area contributed by atoms with Crippen molar-refractivity contribution < 1.29 is 9.59 Å². The SMILES string of the molecule is CCCCN1C(=O)C(=Cc2cccc(NC(=O)c3ccccc3Cl)c2)SC1=Nc1ccc(Cl)cc1Cl. The van der Waals surface area contributed by atoms with Crippen molar-refractivity contribution in [3.8, 4) is 0 Å². The van der Waals surface area contributed by atoms with Gasteiger partial charge < -0.3 is 5.32 Å². The van der Waals surface area contributed by atoms with E-state index in [1.807, 2.05) is 12.1 Å². The Balaban J connectivity index is 1.59. The number of nitrogens with zero attached hydrogens (tertiary/aromatic N) is 2. The molecule has 1 aliphatic rings. The second kappa shape index (κ2) is 12.0. The molecule has 1 heterocycles. The quantitative estimate of drug-likeness (QED) is 0.297. The van der Waals surface area contributed by atoms with E-state index in [0.717, 1.165) is 18.4 Å². The Bertz CT molecular complexity index is 1370. The Morgan fingerprint density at radius 1 is 1.03 bits per heavy atom. The molecule has 0 unspecified atom stereocenters. The minimum absolute atomic E-state index is 0.122. The van der Waals surface area contributed by atoms with E-state index in [2.05, 4.69) is 17.2 Å². The highest BCUT2D eigenvalue weighted by Crippen LogP contribution is 2.36. The van der Waals surface area contributed by atoms with Crippen LogP contribution >= 0.6 is 46.6 Å². The monoisotopic (exact) mass is 557 g/mol. The van der Waals surface area contributed by atoms with Gasteiger partial charge in [0, 0.05) is 17.3 Å². The van der Waals surface area contributed by atoms with Gasteiger partial charge in [0.15, 0.2) is 5.17 Å². The summed E-state index contributed by atoms with van der Waals surface area (Å²) in [5, 5.41) is 4.73. The van der Waals surface area contributed by atoms with E-state index in [0.29, 0.717) is 48.6 Å². The maximum absolute atomic E-state index is 13.3. The van der Waals surface area contributed by atoms with E-state index in [9.17, 15) is 9.59 Å². The zero-order valence-corrected chi connectivity index (χ0v) is 22.4. The van der Waals surface area contributed by atoms with Gasteiger partial charge in [0.05, 0.1) is 26.2 Å². The molecule has 0 aromatic heterocycles. The van der Waals surface area contributed by atoms with Crippen molar-refractivity contribution in [1.82, 2.24) is 4.90 Å². The summed E-state index contributed by atoms with van der Waals surface area (Å²) in [4.78, 5) is 32.8. The average Bonchev–Trinajstić information content (AvgIpc) is 3.13. The third kappa shape index (κ3) is 6.31. The molecular weight excluding hydrogens is 537 g/mol. The number of carbonyl (C=O) groups is 2. The summed E-state index contributed by atoms with van der Waals surface area (Å²) >= 11 is 19.8. The maximum atomic E-state index is 13.3. The van der Waals surface area contributed by atoms with E-state index in [1.54, 1.807) is 65.6 Å². The highest BCUT2D eigenvalue weighted by atomic mass is 35.5. The molecule has 0 aliphatic carbocycles. The number of carbonyl (C=O) groups excluding carboxylic acids is 2. The maximum Gasteiger partial charge on any atom is 0.266 e. The van der Waals surface area contributed by atoms with Gasteiger partial charge in [-0.3, -0.25) is 14.5 Å². The standard InChI is InChI=1S/C27H22Cl3N3O2S/c1-2-3-13-33-26(35)24(36-27(33)32-23-12-11-18(28)16-22(23)30)15-17-7-6-8-19(14-17)31-25(34)20-9-4-5-10-21(20)29/h4-12,14-16H,2-3,13H2,1H3,(H,31,34). The number of benzene rings is 3. The third-order valence-electron chi connectivity index (χ3n) is 5.31. The lowest BCUT2D eigenvalue weighted by atomic mass is 10.1.